The number of carbonyl (C=O) groups is 1. The van der Waals surface area contributed by atoms with Crippen molar-refractivity contribution in [3.8, 4) is 0 Å². The predicted octanol–water partition coefficient (Wildman–Crippen LogP) is 4.40. The van der Waals surface area contributed by atoms with E-state index in [1.54, 1.807) is 0 Å². The second-order valence-electron chi connectivity index (χ2n) is 3.02. The number of ketones is 1. The van der Waals surface area contributed by atoms with E-state index in [4.69, 9.17) is 34.8 Å². The molecule has 0 bridgehead atoms. The third-order valence-electron chi connectivity index (χ3n) is 1.79. The lowest BCUT2D eigenvalue weighted by Crippen LogP contribution is -2.20. The number of benzene rings is 1. The van der Waals surface area contributed by atoms with Crippen LogP contribution in [-0.4, -0.2) is 9.58 Å². The SMILES string of the molecule is O=C(c1ccc(F)c(C(F)(F)F)c1)C(Cl)(Cl)Cl. The first-order valence-corrected chi connectivity index (χ1v) is 5.15. The molecule has 0 amide bonds. The normalized spacial score (nSPS) is 12.6. The van der Waals surface area contributed by atoms with Crippen LogP contribution in [0, 0.1) is 5.82 Å². The fourth-order valence-electron chi connectivity index (χ4n) is 1.05. The van der Waals surface area contributed by atoms with Crippen molar-refractivity contribution in [2.75, 3.05) is 0 Å². The van der Waals surface area contributed by atoms with Gasteiger partial charge in [-0.25, -0.2) is 4.39 Å². The summed E-state index contributed by atoms with van der Waals surface area (Å²) in [5.41, 5.74) is -2.11. The zero-order chi connectivity index (χ0) is 13.4. The van der Waals surface area contributed by atoms with E-state index in [-0.39, 0.29) is 0 Å². The summed E-state index contributed by atoms with van der Waals surface area (Å²) in [5.74, 6) is -2.66. The van der Waals surface area contributed by atoms with Crippen LogP contribution in [0.5, 0.6) is 0 Å². The molecule has 94 valence electrons. The standard InChI is InChI=1S/C9H3Cl3F4O/c10-8(11,12)7(17)4-1-2-6(13)5(3-4)9(14,15)16/h1-3H. The van der Waals surface area contributed by atoms with Gasteiger partial charge >= 0.3 is 6.18 Å². The molecule has 0 saturated heterocycles. The lowest BCUT2D eigenvalue weighted by atomic mass is 10.1. The van der Waals surface area contributed by atoms with Gasteiger partial charge in [-0.2, -0.15) is 13.2 Å². The minimum atomic E-state index is -4.92. The zero-order valence-corrected chi connectivity index (χ0v) is 10.1. The van der Waals surface area contributed by atoms with Crippen LogP contribution < -0.4 is 0 Å². The summed E-state index contributed by atoms with van der Waals surface area (Å²) < 4.78 is 47.5. The highest BCUT2D eigenvalue weighted by Gasteiger charge is 2.37. The van der Waals surface area contributed by atoms with Gasteiger partial charge in [-0.3, -0.25) is 4.79 Å². The Hall–Kier alpha value is -0.520. The summed E-state index contributed by atoms with van der Waals surface area (Å²) in [4.78, 5) is 11.4. The number of hydrogen-bond donors (Lipinski definition) is 0. The summed E-state index contributed by atoms with van der Waals surface area (Å²) in [5, 5.41) is 0. The maximum absolute atomic E-state index is 12.9. The van der Waals surface area contributed by atoms with Crippen LogP contribution in [0.25, 0.3) is 0 Å². The maximum atomic E-state index is 12.9. The van der Waals surface area contributed by atoms with Gasteiger partial charge in [0.1, 0.15) is 5.82 Å². The summed E-state index contributed by atoms with van der Waals surface area (Å²) in [6.07, 6.45) is -4.92. The number of carbonyl (C=O) groups excluding carboxylic acids is 1. The van der Waals surface area contributed by atoms with Gasteiger partial charge in [0.05, 0.1) is 5.56 Å². The Morgan fingerprint density at radius 3 is 2.06 bits per heavy atom. The number of halogens is 7. The highest BCUT2D eigenvalue weighted by molar-refractivity contribution is 6.77. The van der Waals surface area contributed by atoms with E-state index in [9.17, 15) is 22.4 Å². The Morgan fingerprint density at radius 2 is 1.65 bits per heavy atom. The van der Waals surface area contributed by atoms with Crippen molar-refractivity contribution in [1.29, 1.82) is 0 Å². The molecule has 0 aliphatic rings. The summed E-state index contributed by atoms with van der Waals surface area (Å²) in [7, 11) is 0. The zero-order valence-electron chi connectivity index (χ0n) is 7.79. The number of hydrogen-bond acceptors (Lipinski definition) is 1. The van der Waals surface area contributed by atoms with Crippen LogP contribution in [0.1, 0.15) is 15.9 Å². The molecule has 0 unspecified atom stereocenters. The Labute approximate surface area is 108 Å². The molecule has 0 N–H and O–H groups in total. The first-order valence-electron chi connectivity index (χ1n) is 4.02. The maximum Gasteiger partial charge on any atom is 0.419 e. The van der Waals surface area contributed by atoms with Crippen molar-refractivity contribution < 1.29 is 22.4 Å². The van der Waals surface area contributed by atoms with E-state index >= 15 is 0 Å². The molecule has 1 nitrogen and oxygen atoms in total. The van der Waals surface area contributed by atoms with Gasteiger partial charge in [0.25, 0.3) is 3.79 Å². The van der Waals surface area contributed by atoms with Gasteiger partial charge in [0.15, 0.2) is 0 Å². The second-order valence-corrected chi connectivity index (χ2v) is 5.30. The van der Waals surface area contributed by atoms with Crippen molar-refractivity contribution in [2.24, 2.45) is 0 Å². The van der Waals surface area contributed by atoms with Crippen molar-refractivity contribution in [3.05, 3.63) is 35.1 Å². The molecule has 0 fully saturated rings. The van der Waals surface area contributed by atoms with Crippen LogP contribution in [0.3, 0.4) is 0 Å². The first kappa shape index (κ1) is 14.5. The minimum absolute atomic E-state index is 0.305. The summed E-state index contributed by atoms with van der Waals surface area (Å²) >= 11 is 15.7. The van der Waals surface area contributed by atoms with Gasteiger partial charge in [-0.1, -0.05) is 34.8 Å². The van der Waals surface area contributed by atoms with Crippen molar-refractivity contribution in [2.45, 2.75) is 9.97 Å². The van der Waals surface area contributed by atoms with E-state index in [1.165, 1.54) is 0 Å². The molecule has 17 heavy (non-hydrogen) atoms. The molecule has 1 aromatic rings. The fraction of sp³-hybridized carbons (Fsp3) is 0.222. The van der Waals surface area contributed by atoms with Crippen LogP contribution in [0.2, 0.25) is 0 Å². The van der Waals surface area contributed by atoms with Crippen LogP contribution in [0.4, 0.5) is 17.6 Å². The third kappa shape index (κ3) is 3.47. The van der Waals surface area contributed by atoms with E-state index in [1.807, 2.05) is 0 Å². The lowest BCUT2D eigenvalue weighted by Gasteiger charge is -2.12. The number of alkyl halides is 6. The molecule has 1 rings (SSSR count). The second kappa shape index (κ2) is 4.63. The fourth-order valence-corrected chi connectivity index (χ4v) is 1.37. The highest BCUT2D eigenvalue weighted by Crippen LogP contribution is 2.35. The van der Waals surface area contributed by atoms with E-state index in [0.717, 1.165) is 6.07 Å². The molecule has 0 aromatic heterocycles. The van der Waals surface area contributed by atoms with Crippen molar-refractivity contribution in [3.63, 3.8) is 0 Å². The van der Waals surface area contributed by atoms with Crippen molar-refractivity contribution >= 4 is 40.6 Å². The van der Waals surface area contributed by atoms with Gasteiger partial charge in [-0.15, -0.1) is 0 Å². The molecule has 1 aromatic carbocycles. The Balaban J connectivity index is 3.28. The van der Waals surface area contributed by atoms with Gasteiger partial charge in [0, 0.05) is 5.56 Å². The van der Waals surface area contributed by atoms with Crippen LogP contribution in [-0.2, 0) is 6.18 Å². The smallest absolute Gasteiger partial charge is 0.289 e. The molecule has 0 atom stereocenters. The van der Waals surface area contributed by atoms with Gasteiger partial charge in [0.2, 0.25) is 5.78 Å². The molecule has 0 saturated carbocycles. The van der Waals surface area contributed by atoms with Gasteiger partial charge < -0.3 is 0 Å². The average Bonchev–Trinajstić information content (AvgIpc) is 2.14. The topological polar surface area (TPSA) is 17.1 Å². The molecule has 0 spiro atoms. The quantitative estimate of drug-likeness (QED) is 0.427. The molecule has 8 heteroatoms. The molecule has 0 aliphatic carbocycles. The van der Waals surface area contributed by atoms with Crippen LogP contribution in [0.15, 0.2) is 18.2 Å². The Kier molecular flexibility index (Phi) is 3.96. The number of rotatable bonds is 1. The summed E-state index contributed by atoms with van der Waals surface area (Å²) in [6.45, 7) is 0. The Bertz CT molecular complexity index is 451. The lowest BCUT2D eigenvalue weighted by molar-refractivity contribution is -0.140. The van der Waals surface area contributed by atoms with E-state index in [0.29, 0.717) is 12.1 Å². The molecule has 0 radical (unpaired) electrons. The molecular formula is C9H3Cl3F4O. The Morgan fingerprint density at radius 1 is 1.12 bits per heavy atom. The van der Waals surface area contributed by atoms with Gasteiger partial charge in [-0.05, 0) is 18.2 Å². The van der Waals surface area contributed by atoms with E-state index < -0.39 is 32.7 Å². The largest absolute Gasteiger partial charge is 0.419 e. The third-order valence-corrected chi connectivity index (χ3v) is 2.31. The van der Waals surface area contributed by atoms with Crippen molar-refractivity contribution in [1.82, 2.24) is 0 Å². The minimum Gasteiger partial charge on any atom is -0.289 e. The summed E-state index contributed by atoms with van der Waals surface area (Å²) in [6, 6.07) is 1.61. The molecule has 0 heterocycles. The first-order chi connectivity index (χ1) is 7.53. The van der Waals surface area contributed by atoms with Crippen LogP contribution >= 0.6 is 34.8 Å². The average molecular weight is 309 g/mol. The number of Topliss-reactive ketones (excluding diaryl/α,β-unsaturated/α-hetero) is 1. The predicted molar refractivity (Wildman–Crippen MR) is 56.0 cm³/mol. The molecule has 0 aliphatic heterocycles. The monoisotopic (exact) mass is 308 g/mol. The van der Waals surface area contributed by atoms with E-state index in [2.05, 4.69) is 0 Å². The molecular weight excluding hydrogens is 306 g/mol. The highest BCUT2D eigenvalue weighted by atomic mass is 35.6.